The number of amides is 1. The van der Waals surface area contributed by atoms with E-state index in [1.54, 1.807) is 7.11 Å². The summed E-state index contributed by atoms with van der Waals surface area (Å²) in [7, 11) is 1.59. The lowest BCUT2D eigenvalue weighted by Gasteiger charge is -2.27. The Bertz CT molecular complexity index is 341. The van der Waals surface area contributed by atoms with Crippen LogP contribution in [0.4, 0.5) is 4.39 Å². The molecule has 0 aromatic carbocycles. The number of hydrogen-bond donors (Lipinski definition) is 1. The molecular weight excluding hydrogens is 237 g/mol. The Kier molecular flexibility index (Phi) is 5.05. The van der Waals surface area contributed by atoms with Crippen LogP contribution in [0, 0.1) is 11.3 Å². The summed E-state index contributed by atoms with van der Waals surface area (Å²) < 4.78 is 18.2. The Morgan fingerprint density at radius 2 is 2.33 bits per heavy atom. The lowest BCUT2D eigenvalue weighted by molar-refractivity contribution is -0.130. The largest absolute Gasteiger partial charge is 0.383 e. The smallest absolute Gasteiger partial charge is 0.237 e. The number of carbonyl (C=O) groups is 1. The van der Waals surface area contributed by atoms with Crippen LogP contribution in [0.2, 0.25) is 0 Å². The number of likely N-dealkylation sites (tertiary alicyclic amines) is 1. The van der Waals surface area contributed by atoms with Crippen molar-refractivity contribution in [1.29, 1.82) is 5.26 Å². The van der Waals surface area contributed by atoms with E-state index in [0.717, 1.165) is 0 Å². The number of nitriles is 1. The van der Waals surface area contributed by atoms with Gasteiger partial charge in [0.2, 0.25) is 5.91 Å². The minimum Gasteiger partial charge on any atom is -0.383 e. The molecule has 18 heavy (non-hydrogen) atoms. The van der Waals surface area contributed by atoms with Crippen LogP contribution < -0.4 is 5.32 Å². The van der Waals surface area contributed by atoms with Gasteiger partial charge in [-0.25, -0.2) is 4.39 Å². The zero-order chi connectivity index (χ0) is 13.8. The highest BCUT2D eigenvalue weighted by molar-refractivity contribution is 5.79. The second-order valence-electron chi connectivity index (χ2n) is 5.19. The third-order valence-corrected chi connectivity index (χ3v) is 2.94. The summed E-state index contributed by atoms with van der Waals surface area (Å²) in [6.07, 6.45) is -0.977. The maximum Gasteiger partial charge on any atom is 0.237 e. The molecule has 0 bridgehead atoms. The van der Waals surface area contributed by atoms with Gasteiger partial charge in [-0.05, 0) is 13.8 Å². The summed E-state index contributed by atoms with van der Waals surface area (Å²) in [5, 5.41) is 11.9. The van der Waals surface area contributed by atoms with Gasteiger partial charge in [0.1, 0.15) is 12.2 Å². The van der Waals surface area contributed by atoms with Gasteiger partial charge in [0, 0.05) is 19.1 Å². The van der Waals surface area contributed by atoms with Crippen LogP contribution in [-0.4, -0.2) is 55.4 Å². The third kappa shape index (κ3) is 3.93. The number of halogens is 1. The highest BCUT2D eigenvalue weighted by Gasteiger charge is 2.35. The molecule has 1 aliphatic rings. The number of hydrogen-bond acceptors (Lipinski definition) is 4. The van der Waals surface area contributed by atoms with Gasteiger partial charge in [-0.15, -0.1) is 0 Å². The Balaban J connectivity index is 2.49. The Morgan fingerprint density at radius 3 is 2.89 bits per heavy atom. The summed E-state index contributed by atoms with van der Waals surface area (Å²) in [6.45, 7) is 4.39. The van der Waals surface area contributed by atoms with E-state index in [4.69, 9.17) is 10.00 Å². The van der Waals surface area contributed by atoms with Crippen LogP contribution in [0.3, 0.4) is 0 Å². The van der Waals surface area contributed by atoms with Crippen molar-refractivity contribution in [2.45, 2.75) is 38.0 Å². The van der Waals surface area contributed by atoms with Gasteiger partial charge in [0.15, 0.2) is 0 Å². The number of alkyl halides is 1. The maximum atomic E-state index is 13.2. The predicted octanol–water partition coefficient (Wildman–Crippen LogP) is 0.464. The van der Waals surface area contributed by atoms with Crippen LogP contribution >= 0.6 is 0 Å². The van der Waals surface area contributed by atoms with Crippen molar-refractivity contribution in [2.24, 2.45) is 0 Å². The van der Waals surface area contributed by atoms with Crippen molar-refractivity contribution in [3.8, 4) is 6.07 Å². The number of nitrogens with one attached hydrogen (secondary N) is 1. The summed E-state index contributed by atoms with van der Waals surface area (Å²) in [5.74, 6) is -0.245. The topological polar surface area (TPSA) is 65.4 Å². The molecule has 5 nitrogen and oxygen atoms in total. The first-order valence-corrected chi connectivity index (χ1v) is 5.96. The van der Waals surface area contributed by atoms with Gasteiger partial charge < -0.3 is 15.0 Å². The average molecular weight is 257 g/mol. The molecule has 1 amide bonds. The van der Waals surface area contributed by atoms with Crippen molar-refractivity contribution >= 4 is 5.91 Å². The van der Waals surface area contributed by atoms with Gasteiger partial charge in [-0.1, -0.05) is 0 Å². The Hall–Kier alpha value is -1.19. The molecule has 0 aromatic rings. The first-order chi connectivity index (χ1) is 8.39. The van der Waals surface area contributed by atoms with Crippen LogP contribution in [-0.2, 0) is 9.53 Å². The first-order valence-electron chi connectivity index (χ1n) is 5.96. The quantitative estimate of drug-likeness (QED) is 0.777. The van der Waals surface area contributed by atoms with E-state index in [9.17, 15) is 9.18 Å². The number of nitrogens with zero attached hydrogens (tertiary/aromatic N) is 2. The fourth-order valence-corrected chi connectivity index (χ4v) is 2.01. The van der Waals surface area contributed by atoms with E-state index in [-0.39, 0.29) is 31.0 Å². The summed E-state index contributed by atoms with van der Waals surface area (Å²) in [6, 6.07) is 1.32. The second kappa shape index (κ2) is 6.12. The normalized spacial score (nSPS) is 24.1. The van der Waals surface area contributed by atoms with Crippen LogP contribution in [0.5, 0.6) is 0 Å². The van der Waals surface area contributed by atoms with Crippen molar-refractivity contribution in [1.82, 2.24) is 10.2 Å². The SMILES string of the molecule is COCC(C)(C)NCC(=O)N1C[C@@H](F)C[C@H]1C#N. The molecule has 1 fully saturated rings. The summed E-state index contributed by atoms with van der Waals surface area (Å²) in [4.78, 5) is 13.2. The first kappa shape index (κ1) is 14.9. The lowest BCUT2D eigenvalue weighted by atomic mass is 10.1. The molecule has 1 aliphatic heterocycles. The Labute approximate surface area is 107 Å². The van der Waals surface area contributed by atoms with E-state index < -0.39 is 12.2 Å². The molecule has 0 spiro atoms. The highest BCUT2D eigenvalue weighted by atomic mass is 19.1. The molecule has 0 aliphatic carbocycles. The van der Waals surface area contributed by atoms with Crippen molar-refractivity contribution < 1.29 is 13.9 Å². The van der Waals surface area contributed by atoms with Gasteiger partial charge in [0.25, 0.3) is 0 Å². The van der Waals surface area contributed by atoms with E-state index in [0.29, 0.717) is 6.61 Å². The molecule has 1 saturated heterocycles. The summed E-state index contributed by atoms with van der Waals surface area (Å²) in [5.41, 5.74) is -0.332. The fourth-order valence-electron chi connectivity index (χ4n) is 2.01. The molecule has 6 heteroatoms. The Morgan fingerprint density at radius 1 is 1.67 bits per heavy atom. The van der Waals surface area contributed by atoms with Crippen molar-refractivity contribution in [3.05, 3.63) is 0 Å². The molecule has 102 valence electrons. The highest BCUT2D eigenvalue weighted by Crippen LogP contribution is 2.19. The van der Waals surface area contributed by atoms with Gasteiger partial charge in [-0.2, -0.15) is 5.26 Å². The zero-order valence-corrected chi connectivity index (χ0v) is 11.1. The van der Waals surface area contributed by atoms with Crippen molar-refractivity contribution in [2.75, 3.05) is 26.8 Å². The number of methoxy groups -OCH3 is 1. The minimum absolute atomic E-state index is 0.0173. The molecular formula is C12H20FN3O2. The predicted molar refractivity (Wildman–Crippen MR) is 64.6 cm³/mol. The maximum absolute atomic E-state index is 13.2. The standard InChI is InChI=1S/C12H20FN3O2/c1-12(2,8-18-3)15-6-11(17)16-7-9(13)4-10(16)5-14/h9-10,15H,4,6-8H2,1-3H3/t9-,10-/m0/s1. The zero-order valence-electron chi connectivity index (χ0n) is 11.1. The number of ether oxygens (including phenoxy) is 1. The van der Waals surface area contributed by atoms with Crippen LogP contribution in [0.1, 0.15) is 20.3 Å². The number of rotatable bonds is 5. The molecule has 1 heterocycles. The molecule has 0 unspecified atom stereocenters. The lowest BCUT2D eigenvalue weighted by Crippen LogP contribution is -2.49. The molecule has 0 saturated carbocycles. The van der Waals surface area contributed by atoms with Gasteiger partial charge in [0.05, 0.1) is 25.8 Å². The van der Waals surface area contributed by atoms with Crippen molar-refractivity contribution in [3.63, 3.8) is 0 Å². The van der Waals surface area contributed by atoms with E-state index >= 15 is 0 Å². The van der Waals surface area contributed by atoms with Crippen LogP contribution in [0.15, 0.2) is 0 Å². The molecule has 0 aromatic heterocycles. The number of carbonyl (C=O) groups excluding carboxylic acids is 1. The fraction of sp³-hybridized carbons (Fsp3) is 0.833. The van der Waals surface area contributed by atoms with Crippen LogP contribution in [0.25, 0.3) is 0 Å². The molecule has 1 N–H and O–H groups in total. The second-order valence-corrected chi connectivity index (χ2v) is 5.19. The van der Waals surface area contributed by atoms with E-state index in [2.05, 4.69) is 5.32 Å². The third-order valence-electron chi connectivity index (χ3n) is 2.94. The van der Waals surface area contributed by atoms with E-state index in [1.807, 2.05) is 19.9 Å². The summed E-state index contributed by atoms with van der Waals surface area (Å²) >= 11 is 0. The van der Waals surface area contributed by atoms with Gasteiger partial charge in [-0.3, -0.25) is 4.79 Å². The monoisotopic (exact) mass is 257 g/mol. The molecule has 1 rings (SSSR count). The minimum atomic E-state index is -1.09. The van der Waals surface area contributed by atoms with E-state index in [1.165, 1.54) is 4.90 Å². The molecule has 0 radical (unpaired) electrons. The van der Waals surface area contributed by atoms with Gasteiger partial charge >= 0.3 is 0 Å². The molecule has 2 atom stereocenters. The average Bonchev–Trinajstić information content (AvgIpc) is 2.67.